The van der Waals surface area contributed by atoms with Crippen molar-refractivity contribution < 1.29 is 0 Å². The predicted octanol–water partition coefficient (Wildman–Crippen LogP) is 1.07. The van der Waals surface area contributed by atoms with E-state index in [2.05, 4.69) is 33.9 Å². The Hall–Kier alpha value is -0.900. The summed E-state index contributed by atoms with van der Waals surface area (Å²) in [5.74, 6) is 1.04. The maximum Gasteiger partial charge on any atom is 0.152 e. The highest BCUT2D eigenvalue weighted by Gasteiger charge is 2.31. The summed E-state index contributed by atoms with van der Waals surface area (Å²) in [6.07, 6.45) is 4.38. The molecule has 0 radical (unpaired) electrons. The van der Waals surface area contributed by atoms with Crippen molar-refractivity contribution in [2.75, 3.05) is 7.05 Å². The summed E-state index contributed by atoms with van der Waals surface area (Å²) in [6.45, 7) is 4.24. The summed E-state index contributed by atoms with van der Waals surface area (Å²) in [5.41, 5.74) is -0.0842. The van der Waals surface area contributed by atoms with E-state index in [9.17, 15) is 0 Å². The lowest BCUT2D eigenvalue weighted by Crippen LogP contribution is -2.36. The van der Waals surface area contributed by atoms with Crippen molar-refractivity contribution in [3.05, 3.63) is 12.2 Å². The third kappa shape index (κ3) is 1.46. The molecule has 72 valence electrons. The van der Waals surface area contributed by atoms with Gasteiger partial charge in [0.15, 0.2) is 5.82 Å². The molecule has 1 aromatic rings. The second-order valence-corrected chi connectivity index (χ2v) is 4.17. The molecule has 0 saturated heterocycles. The van der Waals surface area contributed by atoms with Crippen molar-refractivity contribution in [2.45, 2.75) is 38.3 Å². The summed E-state index contributed by atoms with van der Waals surface area (Å²) in [4.78, 5) is 0. The van der Waals surface area contributed by atoms with Crippen molar-refractivity contribution >= 4 is 0 Å². The number of nitrogens with one attached hydrogen (secondary N) is 1. The molecule has 2 rings (SSSR count). The number of rotatable bonds is 3. The number of nitrogens with zero attached hydrogens (tertiary/aromatic N) is 3. The lowest BCUT2D eigenvalue weighted by Gasteiger charge is -2.23. The average Bonchev–Trinajstić information content (AvgIpc) is 2.83. The Balaban J connectivity index is 2.33. The van der Waals surface area contributed by atoms with E-state index in [0.717, 1.165) is 5.82 Å². The normalized spacial score (nSPS) is 17.8. The van der Waals surface area contributed by atoms with Crippen molar-refractivity contribution in [3.8, 4) is 0 Å². The van der Waals surface area contributed by atoms with E-state index in [1.807, 2.05) is 13.4 Å². The van der Waals surface area contributed by atoms with Gasteiger partial charge in [-0.25, -0.2) is 0 Å². The van der Waals surface area contributed by atoms with Gasteiger partial charge in [0.25, 0.3) is 0 Å². The fourth-order valence-corrected chi connectivity index (χ4v) is 1.42. The van der Waals surface area contributed by atoms with E-state index in [4.69, 9.17) is 0 Å². The zero-order valence-corrected chi connectivity index (χ0v) is 8.41. The van der Waals surface area contributed by atoms with Gasteiger partial charge in [-0.1, -0.05) is 0 Å². The molecule has 1 saturated carbocycles. The summed E-state index contributed by atoms with van der Waals surface area (Å²) >= 11 is 0. The molecule has 1 aliphatic carbocycles. The lowest BCUT2D eigenvalue weighted by atomic mass is 10.1. The Kier molecular flexibility index (Phi) is 1.87. The van der Waals surface area contributed by atoms with Crippen LogP contribution in [-0.4, -0.2) is 21.8 Å². The Morgan fingerprint density at radius 3 is 2.77 bits per heavy atom. The van der Waals surface area contributed by atoms with Gasteiger partial charge in [-0.15, -0.1) is 10.2 Å². The van der Waals surface area contributed by atoms with Gasteiger partial charge in [0.05, 0.1) is 5.54 Å². The maximum absolute atomic E-state index is 4.17. The standard InChI is InChI=1S/C9H16N4/c1-9(2,10-3)8-12-11-6-13(8)7-4-5-7/h6-7,10H,4-5H2,1-3H3. The van der Waals surface area contributed by atoms with Crippen LogP contribution in [0.1, 0.15) is 38.6 Å². The van der Waals surface area contributed by atoms with Crippen LogP contribution in [0.5, 0.6) is 0 Å². The maximum atomic E-state index is 4.17. The van der Waals surface area contributed by atoms with Gasteiger partial charge in [0, 0.05) is 6.04 Å². The van der Waals surface area contributed by atoms with Crippen molar-refractivity contribution in [1.29, 1.82) is 0 Å². The van der Waals surface area contributed by atoms with Crippen LogP contribution in [0.25, 0.3) is 0 Å². The predicted molar refractivity (Wildman–Crippen MR) is 50.4 cm³/mol. The molecule has 0 bridgehead atoms. The Morgan fingerprint density at radius 1 is 1.54 bits per heavy atom. The average molecular weight is 180 g/mol. The van der Waals surface area contributed by atoms with Crippen LogP contribution < -0.4 is 5.32 Å². The van der Waals surface area contributed by atoms with Gasteiger partial charge in [0.2, 0.25) is 0 Å². The molecule has 1 fully saturated rings. The molecular formula is C9H16N4. The van der Waals surface area contributed by atoms with E-state index >= 15 is 0 Å². The molecule has 0 atom stereocenters. The first-order valence-electron chi connectivity index (χ1n) is 4.74. The third-order valence-electron chi connectivity index (χ3n) is 2.70. The SMILES string of the molecule is CNC(C)(C)c1nncn1C1CC1. The topological polar surface area (TPSA) is 42.7 Å². The van der Waals surface area contributed by atoms with Gasteiger partial charge in [-0.05, 0) is 33.7 Å². The Bertz CT molecular complexity index is 298. The van der Waals surface area contributed by atoms with E-state index in [0.29, 0.717) is 6.04 Å². The molecule has 0 aliphatic heterocycles. The second-order valence-electron chi connectivity index (χ2n) is 4.17. The first kappa shape index (κ1) is 8.69. The molecule has 1 heterocycles. The monoisotopic (exact) mass is 180 g/mol. The van der Waals surface area contributed by atoms with Gasteiger partial charge in [0.1, 0.15) is 6.33 Å². The molecule has 0 amide bonds. The van der Waals surface area contributed by atoms with Gasteiger partial charge in [-0.2, -0.15) is 0 Å². The molecule has 1 N–H and O–H groups in total. The van der Waals surface area contributed by atoms with Gasteiger partial charge in [-0.3, -0.25) is 0 Å². The number of aromatic nitrogens is 3. The molecule has 0 aromatic carbocycles. The highest BCUT2D eigenvalue weighted by molar-refractivity contribution is 5.05. The quantitative estimate of drug-likeness (QED) is 0.756. The summed E-state index contributed by atoms with van der Waals surface area (Å²) < 4.78 is 2.19. The fourth-order valence-electron chi connectivity index (χ4n) is 1.42. The first-order valence-corrected chi connectivity index (χ1v) is 4.74. The largest absolute Gasteiger partial charge is 0.313 e. The zero-order chi connectivity index (χ0) is 9.47. The van der Waals surface area contributed by atoms with Crippen LogP contribution in [0.2, 0.25) is 0 Å². The molecule has 1 aromatic heterocycles. The van der Waals surface area contributed by atoms with Gasteiger partial charge >= 0.3 is 0 Å². The Labute approximate surface area is 78.4 Å². The molecule has 1 aliphatic rings. The molecule has 4 nitrogen and oxygen atoms in total. The summed E-state index contributed by atoms with van der Waals surface area (Å²) in [7, 11) is 1.95. The van der Waals surface area contributed by atoms with Crippen molar-refractivity contribution in [2.24, 2.45) is 0 Å². The van der Waals surface area contributed by atoms with Crippen LogP contribution in [0.4, 0.5) is 0 Å². The van der Waals surface area contributed by atoms with Crippen LogP contribution in [0.15, 0.2) is 6.33 Å². The molecule has 13 heavy (non-hydrogen) atoms. The van der Waals surface area contributed by atoms with Crippen molar-refractivity contribution in [1.82, 2.24) is 20.1 Å². The van der Waals surface area contributed by atoms with Gasteiger partial charge < -0.3 is 9.88 Å². The fraction of sp³-hybridized carbons (Fsp3) is 0.778. The highest BCUT2D eigenvalue weighted by atomic mass is 15.3. The van der Waals surface area contributed by atoms with Crippen LogP contribution >= 0.6 is 0 Å². The number of hydrogen-bond acceptors (Lipinski definition) is 3. The van der Waals surface area contributed by atoms with E-state index in [-0.39, 0.29) is 5.54 Å². The first-order chi connectivity index (χ1) is 6.15. The van der Waals surface area contributed by atoms with Crippen LogP contribution in [0.3, 0.4) is 0 Å². The molecule has 0 unspecified atom stereocenters. The lowest BCUT2D eigenvalue weighted by molar-refractivity contribution is 0.394. The zero-order valence-electron chi connectivity index (χ0n) is 8.41. The minimum absolute atomic E-state index is 0.0842. The van der Waals surface area contributed by atoms with E-state index in [1.165, 1.54) is 12.8 Å². The van der Waals surface area contributed by atoms with Crippen LogP contribution in [-0.2, 0) is 5.54 Å². The molecule has 0 spiro atoms. The molecule has 4 heteroatoms. The highest BCUT2D eigenvalue weighted by Crippen LogP contribution is 2.37. The summed E-state index contributed by atoms with van der Waals surface area (Å²) in [6, 6.07) is 0.651. The molecular weight excluding hydrogens is 164 g/mol. The minimum atomic E-state index is -0.0842. The second kappa shape index (κ2) is 2.80. The summed E-state index contributed by atoms with van der Waals surface area (Å²) in [5, 5.41) is 11.4. The van der Waals surface area contributed by atoms with E-state index in [1.54, 1.807) is 0 Å². The number of hydrogen-bond donors (Lipinski definition) is 1. The van der Waals surface area contributed by atoms with Crippen LogP contribution in [0, 0.1) is 0 Å². The van der Waals surface area contributed by atoms with E-state index < -0.39 is 0 Å². The Morgan fingerprint density at radius 2 is 2.23 bits per heavy atom. The minimum Gasteiger partial charge on any atom is -0.313 e. The third-order valence-corrected chi connectivity index (χ3v) is 2.70. The smallest absolute Gasteiger partial charge is 0.152 e. The van der Waals surface area contributed by atoms with Crippen molar-refractivity contribution in [3.63, 3.8) is 0 Å².